The molecule has 2 aromatic rings. The van der Waals surface area contributed by atoms with Crippen LogP contribution in [0.15, 0.2) is 35.2 Å². The van der Waals surface area contributed by atoms with Crippen LogP contribution in [0.25, 0.3) is 0 Å². The molecular weight excluding hydrogens is 328 g/mol. The van der Waals surface area contributed by atoms with Gasteiger partial charge in [-0.2, -0.15) is 0 Å². The Kier molecular flexibility index (Phi) is 3.38. The smallest absolute Gasteiger partial charge is 0.335 e. The standard InChI is InChI=1S/C15H11ClO5S/c1-8-5-12-13(6-10(8)15(17)18)22(19,20)7-9-3-2-4-11(16)14(9)21-12/h2-6H,7H2,1H3,(H,17,18). The van der Waals surface area contributed by atoms with Crippen LogP contribution in [0.2, 0.25) is 5.02 Å². The molecule has 7 heteroatoms. The quantitative estimate of drug-likeness (QED) is 0.861. The van der Waals surface area contributed by atoms with Gasteiger partial charge >= 0.3 is 5.97 Å². The van der Waals surface area contributed by atoms with Crippen LogP contribution < -0.4 is 4.74 Å². The summed E-state index contributed by atoms with van der Waals surface area (Å²) in [6.07, 6.45) is 0. The fraction of sp³-hybridized carbons (Fsp3) is 0.133. The minimum atomic E-state index is -3.73. The third-order valence-corrected chi connectivity index (χ3v) is 5.44. The molecule has 0 unspecified atom stereocenters. The average molecular weight is 339 g/mol. The molecule has 3 rings (SSSR count). The highest BCUT2D eigenvalue weighted by Gasteiger charge is 2.29. The first kappa shape index (κ1) is 14.9. The molecule has 5 nitrogen and oxygen atoms in total. The number of hydrogen-bond donors (Lipinski definition) is 1. The molecule has 0 saturated carbocycles. The summed E-state index contributed by atoms with van der Waals surface area (Å²) in [6.45, 7) is 1.58. The molecule has 0 amide bonds. The second-order valence-electron chi connectivity index (χ2n) is 5.01. The van der Waals surface area contributed by atoms with Crippen molar-refractivity contribution in [3.63, 3.8) is 0 Å². The van der Waals surface area contributed by atoms with Crippen LogP contribution in [-0.2, 0) is 15.6 Å². The molecule has 114 valence electrons. The van der Waals surface area contributed by atoms with Crippen LogP contribution in [0.3, 0.4) is 0 Å². The molecule has 0 fully saturated rings. The summed E-state index contributed by atoms with van der Waals surface area (Å²) in [7, 11) is -3.73. The van der Waals surface area contributed by atoms with Crippen molar-refractivity contribution in [1.82, 2.24) is 0 Å². The lowest BCUT2D eigenvalue weighted by Crippen LogP contribution is -2.07. The summed E-state index contributed by atoms with van der Waals surface area (Å²) in [4.78, 5) is 11.1. The van der Waals surface area contributed by atoms with Gasteiger partial charge in [0.1, 0.15) is 16.4 Å². The van der Waals surface area contributed by atoms with E-state index in [1.807, 2.05) is 0 Å². The summed E-state index contributed by atoms with van der Waals surface area (Å²) in [6, 6.07) is 7.42. The van der Waals surface area contributed by atoms with Crippen LogP contribution in [0.5, 0.6) is 11.5 Å². The van der Waals surface area contributed by atoms with Crippen molar-refractivity contribution in [2.75, 3.05) is 0 Å². The minimum Gasteiger partial charge on any atom is -0.478 e. The maximum Gasteiger partial charge on any atom is 0.335 e. The molecule has 0 bridgehead atoms. The second kappa shape index (κ2) is 5.00. The topological polar surface area (TPSA) is 80.7 Å². The summed E-state index contributed by atoms with van der Waals surface area (Å²) >= 11 is 6.08. The summed E-state index contributed by atoms with van der Waals surface area (Å²) in [5.74, 6) is -1.10. The molecule has 1 aliphatic rings. The van der Waals surface area contributed by atoms with E-state index in [2.05, 4.69) is 0 Å². The zero-order valence-corrected chi connectivity index (χ0v) is 13.0. The van der Waals surface area contributed by atoms with E-state index < -0.39 is 15.8 Å². The predicted molar refractivity (Wildman–Crippen MR) is 80.6 cm³/mol. The van der Waals surface area contributed by atoms with Gasteiger partial charge in [-0.3, -0.25) is 0 Å². The molecule has 1 heterocycles. The van der Waals surface area contributed by atoms with Crippen molar-refractivity contribution < 1.29 is 23.1 Å². The largest absolute Gasteiger partial charge is 0.478 e. The molecular formula is C15H11ClO5S. The Morgan fingerprint density at radius 2 is 2.05 bits per heavy atom. The number of fused-ring (bicyclic) bond motifs is 2. The average Bonchev–Trinajstić information content (AvgIpc) is 2.52. The molecule has 0 atom stereocenters. The van der Waals surface area contributed by atoms with Crippen LogP contribution in [0.4, 0.5) is 0 Å². The summed E-state index contributed by atoms with van der Waals surface area (Å²) in [5.41, 5.74) is 0.790. The number of para-hydroxylation sites is 1. The Bertz CT molecular complexity index is 902. The van der Waals surface area contributed by atoms with E-state index in [4.69, 9.17) is 21.4 Å². The third-order valence-electron chi connectivity index (χ3n) is 3.46. The van der Waals surface area contributed by atoms with E-state index in [0.717, 1.165) is 6.07 Å². The number of aryl methyl sites for hydroxylation is 1. The first-order valence-electron chi connectivity index (χ1n) is 6.35. The maximum absolute atomic E-state index is 12.5. The normalized spacial score (nSPS) is 15.2. The molecule has 1 N–H and O–H groups in total. The zero-order chi connectivity index (χ0) is 16.1. The lowest BCUT2D eigenvalue weighted by molar-refractivity contribution is 0.0696. The van der Waals surface area contributed by atoms with E-state index in [1.54, 1.807) is 25.1 Å². The van der Waals surface area contributed by atoms with Gasteiger partial charge in [-0.15, -0.1) is 0 Å². The Morgan fingerprint density at radius 1 is 1.32 bits per heavy atom. The van der Waals surface area contributed by atoms with Crippen molar-refractivity contribution in [1.29, 1.82) is 0 Å². The van der Waals surface area contributed by atoms with Crippen molar-refractivity contribution in [3.8, 4) is 11.5 Å². The lowest BCUT2D eigenvalue weighted by Gasteiger charge is -2.11. The number of benzene rings is 2. The number of sulfone groups is 1. The highest BCUT2D eigenvalue weighted by atomic mass is 35.5. The highest BCUT2D eigenvalue weighted by molar-refractivity contribution is 7.90. The van der Waals surface area contributed by atoms with E-state index in [9.17, 15) is 13.2 Å². The van der Waals surface area contributed by atoms with E-state index in [-0.39, 0.29) is 27.7 Å². The highest BCUT2D eigenvalue weighted by Crippen LogP contribution is 2.42. The van der Waals surface area contributed by atoms with Crippen LogP contribution in [0, 0.1) is 6.92 Å². The number of rotatable bonds is 1. The summed E-state index contributed by atoms with van der Waals surface area (Å²) < 4.78 is 30.8. The van der Waals surface area contributed by atoms with Gasteiger partial charge in [0.2, 0.25) is 0 Å². The number of ether oxygens (including phenoxy) is 1. The SMILES string of the molecule is Cc1cc2c(cc1C(=O)O)S(=O)(=O)Cc1cccc(Cl)c1O2. The molecule has 0 spiro atoms. The van der Waals surface area contributed by atoms with Crippen molar-refractivity contribution in [2.24, 2.45) is 0 Å². The fourth-order valence-electron chi connectivity index (χ4n) is 2.39. The number of halogens is 1. The van der Waals surface area contributed by atoms with E-state index in [0.29, 0.717) is 16.1 Å². The Morgan fingerprint density at radius 3 is 2.73 bits per heavy atom. The first-order valence-corrected chi connectivity index (χ1v) is 8.38. The number of carbonyl (C=O) groups is 1. The minimum absolute atomic E-state index is 0.0667. The van der Waals surface area contributed by atoms with Crippen molar-refractivity contribution in [3.05, 3.63) is 52.0 Å². The van der Waals surface area contributed by atoms with E-state index in [1.165, 1.54) is 6.07 Å². The monoisotopic (exact) mass is 338 g/mol. The Hall–Kier alpha value is -2.05. The lowest BCUT2D eigenvalue weighted by atomic mass is 10.1. The Balaban J connectivity index is 2.31. The van der Waals surface area contributed by atoms with Gasteiger partial charge in [0.25, 0.3) is 0 Å². The maximum atomic E-state index is 12.5. The van der Waals surface area contributed by atoms with Crippen LogP contribution >= 0.6 is 11.6 Å². The second-order valence-corrected chi connectivity index (χ2v) is 7.37. The molecule has 0 saturated heterocycles. The fourth-order valence-corrected chi connectivity index (χ4v) is 4.12. The number of aromatic carboxylic acids is 1. The summed E-state index contributed by atoms with van der Waals surface area (Å²) in [5, 5.41) is 9.47. The molecule has 22 heavy (non-hydrogen) atoms. The Labute approximate surface area is 132 Å². The zero-order valence-electron chi connectivity index (χ0n) is 11.5. The molecule has 0 aromatic heterocycles. The van der Waals surface area contributed by atoms with Gasteiger partial charge in [0.05, 0.1) is 16.3 Å². The number of hydrogen-bond acceptors (Lipinski definition) is 4. The van der Waals surface area contributed by atoms with Crippen molar-refractivity contribution in [2.45, 2.75) is 17.6 Å². The van der Waals surface area contributed by atoms with Crippen LogP contribution in [-0.4, -0.2) is 19.5 Å². The van der Waals surface area contributed by atoms with Gasteiger partial charge in [0.15, 0.2) is 9.84 Å². The molecule has 0 aliphatic carbocycles. The third kappa shape index (κ3) is 2.34. The molecule has 1 aliphatic heterocycles. The number of carboxylic acids is 1. The van der Waals surface area contributed by atoms with Gasteiger partial charge in [-0.05, 0) is 30.7 Å². The van der Waals surface area contributed by atoms with E-state index >= 15 is 0 Å². The van der Waals surface area contributed by atoms with Crippen LogP contribution in [0.1, 0.15) is 21.5 Å². The van der Waals surface area contributed by atoms with Crippen molar-refractivity contribution >= 4 is 27.4 Å². The number of carboxylic acid groups (broad SMARTS) is 1. The van der Waals surface area contributed by atoms with Gasteiger partial charge < -0.3 is 9.84 Å². The van der Waals surface area contributed by atoms with Gasteiger partial charge in [-0.25, -0.2) is 13.2 Å². The first-order chi connectivity index (χ1) is 10.3. The van der Waals surface area contributed by atoms with Gasteiger partial charge in [-0.1, -0.05) is 23.7 Å². The predicted octanol–water partition coefficient (Wildman–Crippen LogP) is 3.43. The van der Waals surface area contributed by atoms with Gasteiger partial charge in [0, 0.05) is 5.56 Å². The molecule has 0 radical (unpaired) electrons. The molecule has 2 aromatic carbocycles.